The highest BCUT2D eigenvalue weighted by Crippen LogP contribution is 2.28. The van der Waals surface area contributed by atoms with E-state index < -0.39 is 0 Å². The van der Waals surface area contributed by atoms with E-state index in [1.807, 2.05) is 19.1 Å². The van der Waals surface area contributed by atoms with E-state index in [0.29, 0.717) is 29.5 Å². The lowest BCUT2D eigenvalue weighted by molar-refractivity contribution is 0.0962. The van der Waals surface area contributed by atoms with Crippen molar-refractivity contribution in [3.05, 3.63) is 59.9 Å². The molecule has 158 valence electrons. The van der Waals surface area contributed by atoms with Gasteiger partial charge < -0.3 is 15.4 Å². The van der Waals surface area contributed by atoms with Gasteiger partial charge in [-0.05, 0) is 24.6 Å². The Bertz CT molecular complexity index is 997. The van der Waals surface area contributed by atoms with Crippen LogP contribution < -0.4 is 15.4 Å². The van der Waals surface area contributed by atoms with E-state index in [4.69, 9.17) is 4.74 Å². The maximum absolute atomic E-state index is 11.8. The van der Waals surface area contributed by atoms with Gasteiger partial charge in [-0.1, -0.05) is 13.0 Å². The van der Waals surface area contributed by atoms with Crippen LogP contribution in [0.25, 0.3) is 11.3 Å². The molecule has 0 spiro atoms. The molecule has 3 aromatic rings. The van der Waals surface area contributed by atoms with E-state index in [1.165, 1.54) is 6.33 Å². The van der Waals surface area contributed by atoms with Crippen LogP contribution in [0.5, 0.6) is 5.75 Å². The van der Waals surface area contributed by atoms with Gasteiger partial charge >= 0.3 is 0 Å². The summed E-state index contributed by atoms with van der Waals surface area (Å²) in [6.45, 7) is 4.56. The van der Waals surface area contributed by atoms with E-state index in [-0.39, 0.29) is 25.3 Å². The largest absolute Gasteiger partial charge is 0.496 e. The lowest BCUT2D eigenvalue weighted by atomic mass is 9.98. The summed E-state index contributed by atoms with van der Waals surface area (Å²) >= 11 is 0. The van der Waals surface area contributed by atoms with Gasteiger partial charge in [-0.3, -0.25) is 4.79 Å². The molecular weight excluding hydrogens is 400 g/mol. The Morgan fingerprint density at radius 2 is 1.87 bits per heavy atom. The second-order valence-electron chi connectivity index (χ2n) is 6.63. The number of carbonyl (C=O) groups is 1. The summed E-state index contributed by atoms with van der Waals surface area (Å²) in [7, 11) is 3.21. The Morgan fingerprint density at radius 3 is 2.53 bits per heavy atom. The van der Waals surface area contributed by atoms with Crippen LogP contribution in [0.3, 0.4) is 0 Å². The summed E-state index contributed by atoms with van der Waals surface area (Å²) in [4.78, 5) is 28.8. The third kappa shape index (κ3) is 5.44. The van der Waals surface area contributed by atoms with Gasteiger partial charge in [-0.2, -0.15) is 13.5 Å². The topological polar surface area (TPSA) is 102 Å². The normalized spacial score (nSPS) is 11.2. The maximum Gasteiger partial charge on any atom is 0.251 e. The standard InChI is InChI=1S/C21H24N6O2.H2S/c1-13(17-6-5-15(21(28)22-3)7-19(17)29-4)9-25-20-8-18(26-12-27-20)16-10-23-14(2)24-11-16;/h5-8,10-13H,9H2,1-4H3,(H,22,28)(H,25,26,27);1H2/t13-;/m1./s1. The van der Waals surface area contributed by atoms with Gasteiger partial charge in [-0.15, -0.1) is 0 Å². The van der Waals surface area contributed by atoms with Crippen molar-refractivity contribution in [1.82, 2.24) is 25.3 Å². The highest BCUT2D eigenvalue weighted by atomic mass is 32.1. The lowest BCUT2D eigenvalue weighted by Gasteiger charge is -2.17. The van der Waals surface area contributed by atoms with Crippen LogP contribution in [-0.4, -0.2) is 46.5 Å². The zero-order valence-corrected chi connectivity index (χ0v) is 18.4. The van der Waals surface area contributed by atoms with Crippen molar-refractivity contribution in [2.24, 2.45) is 0 Å². The molecule has 0 unspecified atom stereocenters. The van der Waals surface area contributed by atoms with Crippen molar-refractivity contribution in [3.8, 4) is 17.0 Å². The molecule has 0 saturated heterocycles. The van der Waals surface area contributed by atoms with E-state index in [0.717, 1.165) is 16.8 Å². The average Bonchev–Trinajstić information content (AvgIpc) is 2.77. The smallest absolute Gasteiger partial charge is 0.251 e. The van der Waals surface area contributed by atoms with Crippen molar-refractivity contribution in [2.75, 3.05) is 26.0 Å². The fraction of sp³-hybridized carbons (Fsp3) is 0.286. The van der Waals surface area contributed by atoms with Crippen LogP contribution in [0.2, 0.25) is 0 Å². The van der Waals surface area contributed by atoms with Crippen LogP contribution in [-0.2, 0) is 0 Å². The second-order valence-corrected chi connectivity index (χ2v) is 6.63. The van der Waals surface area contributed by atoms with Gasteiger partial charge in [0.15, 0.2) is 0 Å². The van der Waals surface area contributed by atoms with Gasteiger partial charge in [0.25, 0.3) is 5.91 Å². The molecule has 1 aromatic carbocycles. The fourth-order valence-electron chi connectivity index (χ4n) is 2.91. The molecule has 0 fully saturated rings. The molecule has 8 nitrogen and oxygen atoms in total. The number of aryl methyl sites for hydroxylation is 1. The van der Waals surface area contributed by atoms with E-state index in [9.17, 15) is 4.79 Å². The van der Waals surface area contributed by atoms with Crippen LogP contribution >= 0.6 is 13.5 Å². The Morgan fingerprint density at radius 1 is 1.13 bits per heavy atom. The Balaban J connectivity index is 0.00000320. The summed E-state index contributed by atoms with van der Waals surface area (Å²) in [6, 6.07) is 7.34. The van der Waals surface area contributed by atoms with Crippen molar-refractivity contribution in [3.63, 3.8) is 0 Å². The summed E-state index contributed by atoms with van der Waals surface area (Å²) < 4.78 is 5.49. The Hall–Kier alpha value is -3.20. The number of methoxy groups -OCH3 is 1. The highest BCUT2D eigenvalue weighted by molar-refractivity contribution is 7.59. The molecule has 30 heavy (non-hydrogen) atoms. The zero-order chi connectivity index (χ0) is 20.8. The first kappa shape index (κ1) is 23.1. The molecule has 2 aromatic heterocycles. The predicted molar refractivity (Wildman–Crippen MR) is 121 cm³/mol. The summed E-state index contributed by atoms with van der Waals surface area (Å²) in [5, 5.41) is 5.96. The number of hydrogen-bond acceptors (Lipinski definition) is 7. The third-order valence-corrected chi connectivity index (χ3v) is 4.59. The van der Waals surface area contributed by atoms with Crippen LogP contribution in [0.1, 0.15) is 34.6 Å². The van der Waals surface area contributed by atoms with Gasteiger partial charge in [-0.25, -0.2) is 19.9 Å². The quantitative estimate of drug-likeness (QED) is 0.599. The molecule has 3 rings (SSSR count). The van der Waals surface area contributed by atoms with Crippen LogP contribution in [0.4, 0.5) is 5.82 Å². The molecular formula is C21H26N6O2S. The van der Waals surface area contributed by atoms with E-state index >= 15 is 0 Å². The number of rotatable bonds is 7. The number of anilines is 1. The SMILES string of the molecule is CNC(=O)c1ccc([C@H](C)CNc2cc(-c3cnc(C)nc3)ncn2)c(OC)c1.S. The summed E-state index contributed by atoms with van der Waals surface area (Å²) in [6.07, 6.45) is 5.01. The van der Waals surface area contributed by atoms with Gasteiger partial charge in [0.1, 0.15) is 23.7 Å². The Kier molecular flexibility index (Phi) is 8.11. The maximum atomic E-state index is 11.8. The number of nitrogens with one attached hydrogen (secondary N) is 2. The molecule has 0 aliphatic rings. The van der Waals surface area contributed by atoms with Gasteiger partial charge in [0.05, 0.1) is 12.8 Å². The molecule has 0 radical (unpaired) electrons. The molecule has 9 heteroatoms. The number of hydrogen-bond donors (Lipinski definition) is 2. The molecule has 1 amide bonds. The predicted octanol–water partition coefficient (Wildman–Crippen LogP) is 2.94. The Labute approximate surface area is 183 Å². The molecule has 0 bridgehead atoms. The summed E-state index contributed by atoms with van der Waals surface area (Å²) in [5.74, 6) is 2.09. The minimum atomic E-state index is -0.144. The minimum absolute atomic E-state index is 0. The monoisotopic (exact) mass is 426 g/mol. The lowest BCUT2D eigenvalue weighted by Crippen LogP contribution is -2.18. The fourth-order valence-corrected chi connectivity index (χ4v) is 2.91. The van der Waals surface area contributed by atoms with E-state index in [1.54, 1.807) is 38.7 Å². The third-order valence-electron chi connectivity index (χ3n) is 4.59. The van der Waals surface area contributed by atoms with Crippen LogP contribution in [0, 0.1) is 6.92 Å². The van der Waals surface area contributed by atoms with E-state index in [2.05, 4.69) is 37.5 Å². The number of amides is 1. The second kappa shape index (κ2) is 10.5. The molecule has 2 heterocycles. The van der Waals surface area contributed by atoms with Crippen molar-refractivity contribution in [1.29, 1.82) is 0 Å². The molecule has 0 saturated carbocycles. The number of aromatic nitrogens is 4. The highest BCUT2D eigenvalue weighted by Gasteiger charge is 2.15. The average molecular weight is 427 g/mol. The van der Waals surface area contributed by atoms with Crippen molar-refractivity contribution >= 4 is 25.2 Å². The summed E-state index contributed by atoms with van der Waals surface area (Å²) in [5.41, 5.74) is 3.16. The first-order valence-corrected chi connectivity index (χ1v) is 9.26. The van der Waals surface area contributed by atoms with Gasteiger partial charge in [0, 0.05) is 49.1 Å². The molecule has 0 aliphatic carbocycles. The number of carbonyl (C=O) groups excluding carboxylic acids is 1. The first-order chi connectivity index (χ1) is 14.0. The van der Waals surface area contributed by atoms with Crippen LogP contribution in [0.15, 0.2) is 43.0 Å². The van der Waals surface area contributed by atoms with Crippen molar-refractivity contribution in [2.45, 2.75) is 19.8 Å². The minimum Gasteiger partial charge on any atom is -0.496 e. The first-order valence-electron chi connectivity index (χ1n) is 9.26. The number of nitrogens with zero attached hydrogens (tertiary/aromatic N) is 4. The molecule has 0 aliphatic heterocycles. The molecule has 1 atom stereocenters. The number of ether oxygens (including phenoxy) is 1. The van der Waals surface area contributed by atoms with Crippen molar-refractivity contribution < 1.29 is 9.53 Å². The molecule has 2 N–H and O–H groups in total. The number of benzene rings is 1. The zero-order valence-electron chi connectivity index (χ0n) is 17.4. The van der Waals surface area contributed by atoms with Gasteiger partial charge in [0.2, 0.25) is 0 Å².